The van der Waals surface area contributed by atoms with Crippen LogP contribution in [0, 0.1) is 16.9 Å². The van der Waals surface area contributed by atoms with E-state index in [0.717, 1.165) is 24.5 Å². The Hall–Kier alpha value is -0.863. The van der Waals surface area contributed by atoms with Gasteiger partial charge in [-0.15, -0.1) is 23.5 Å². The van der Waals surface area contributed by atoms with E-state index in [9.17, 15) is 0 Å². The predicted octanol–water partition coefficient (Wildman–Crippen LogP) is 4.65. The van der Waals surface area contributed by atoms with Gasteiger partial charge < -0.3 is 9.47 Å². The maximum atomic E-state index is 6.11. The molecule has 4 heteroatoms. The Kier molecular flexibility index (Phi) is 5.68. The van der Waals surface area contributed by atoms with Crippen molar-refractivity contribution >= 4 is 19.4 Å². The molecule has 1 fully saturated rings. The number of hydrogen-bond donors (Lipinski definition) is 0. The number of hydrogen-bond acceptors (Lipinski definition) is 3. The summed E-state index contributed by atoms with van der Waals surface area (Å²) in [5.41, 5.74) is 3.54. The fourth-order valence-corrected chi connectivity index (χ4v) is 4.09. The highest BCUT2D eigenvalue weighted by Crippen LogP contribution is 2.47. The first-order chi connectivity index (χ1) is 10.4. The molecule has 2 nitrogen and oxygen atoms in total. The van der Waals surface area contributed by atoms with E-state index in [0.29, 0.717) is 6.61 Å². The van der Waals surface area contributed by atoms with Gasteiger partial charge >= 0.3 is 0 Å². The molecule has 0 bridgehead atoms. The average Bonchev–Trinajstić information content (AvgIpc) is 2.87. The molecule has 1 saturated heterocycles. The lowest BCUT2D eigenvalue weighted by Crippen LogP contribution is -2.47. The first kappa shape index (κ1) is 17.5. The molecule has 0 aromatic carbocycles. The zero-order valence-electron chi connectivity index (χ0n) is 14.1. The molecule has 2 heterocycles. The smallest absolute Gasteiger partial charge is 0.129 e. The van der Waals surface area contributed by atoms with Crippen molar-refractivity contribution in [1.82, 2.24) is 0 Å². The highest BCUT2D eigenvalue weighted by atomic mass is 32.1. The largest absolute Gasteiger partial charge is 0.380 e. The van der Waals surface area contributed by atoms with Gasteiger partial charge in [0.15, 0.2) is 0 Å². The summed E-state index contributed by atoms with van der Waals surface area (Å²) in [7, 11) is -1.34. The topological polar surface area (TPSA) is 18.5 Å². The summed E-state index contributed by atoms with van der Waals surface area (Å²) in [5, 5.41) is 0. The van der Waals surface area contributed by atoms with Gasteiger partial charge in [0.2, 0.25) is 0 Å². The van der Waals surface area contributed by atoms with E-state index in [1.165, 1.54) is 4.88 Å². The molecule has 1 atom stereocenters. The van der Waals surface area contributed by atoms with Crippen molar-refractivity contribution in [2.75, 3.05) is 19.8 Å². The molecule has 0 aliphatic carbocycles. The van der Waals surface area contributed by atoms with Crippen LogP contribution in [0.5, 0.6) is 0 Å². The minimum Gasteiger partial charge on any atom is -0.380 e. The molecule has 1 aromatic rings. The Morgan fingerprint density at radius 2 is 2.18 bits per heavy atom. The van der Waals surface area contributed by atoms with Crippen LogP contribution in [0.15, 0.2) is 24.8 Å². The van der Waals surface area contributed by atoms with Crippen molar-refractivity contribution in [2.45, 2.75) is 39.1 Å². The maximum absolute atomic E-state index is 6.11. The normalized spacial score (nSPS) is 18.0. The van der Waals surface area contributed by atoms with Crippen LogP contribution in [0.4, 0.5) is 0 Å². The Bertz CT molecular complexity index is 564. The summed E-state index contributed by atoms with van der Waals surface area (Å²) in [6.45, 7) is 14.9. The second-order valence-electron chi connectivity index (χ2n) is 6.91. The Morgan fingerprint density at radius 1 is 1.45 bits per heavy atom. The van der Waals surface area contributed by atoms with Gasteiger partial charge in [-0.2, -0.15) is 0 Å². The Labute approximate surface area is 139 Å². The van der Waals surface area contributed by atoms with Crippen LogP contribution >= 0.6 is 11.3 Å². The lowest BCUT2D eigenvalue weighted by atomic mass is 9.77. The van der Waals surface area contributed by atoms with E-state index < -0.39 is 8.07 Å². The lowest BCUT2D eigenvalue weighted by Gasteiger charge is -2.46. The van der Waals surface area contributed by atoms with Crippen LogP contribution < -0.4 is 0 Å². The second kappa shape index (κ2) is 7.14. The van der Waals surface area contributed by atoms with Crippen LogP contribution in [0.2, 0.25) is 19.6 Å². The van der Waals surface area contributed by atoms with Crippen molar-refractivity contribution in [3.63, 3.8) is 0 Å². The van der Waals surface area contributed by atoms with Gasteiger partial charge in [0.25, 0.3) is 0 Å². The van der Waals surface area contributed by atoms with Gasteiger partial charge in [0, 0.05) is 10.3 Å². The van der Waals surface area contributed by atoms with Crippen molar-refractivity contribution in [1.29, 1.82) is 0 Å². The lowest BCUT2D eigenvalue weighted by molar-refractivity contribution is -0.188. The highest BCUT2D eigenvalue weighted by molar-refractivity contribution is 7.12. The Morgan fingerprint density at radius 3 is 2.68 bits per heavy atom. The molecule has 1 aliphatic rings. The molecule has 120 valence electrons. The molecule has 0 saturated carbocycles. The van der Waals surface area contributed by atoms with E-state index in [4.69, 9.17) is 9.47 Å². The van der Waals surface area contributed by atoms with Crippen molar-refractivity contribution in [3.05, 3.63) is 34.5 Å². The molecule has 0 radical (unpaired) electrons. The zero-order chi connectivity index (χ0) is 16.2. The molecule has 1 aliphatic heterocycles. The summed E-state index contributed by atoms with van der Waals surface area (Å²) < 4.78 is 11.6. The summed E-state index contributed by atoms with van der Waals surface area (Å²) in [6, 6.07) is 4.29. The maximum Gasteiger partial charge on any atom is 0.129 e. The molecule has 2 rings (SSSR count). The predicted molar refractivity (Wildman–Crippen MR) is 97.0 cm³/mol. The van der Waals surface area contributed by atoms with Crippen LogP contribution in [0.3, 0.4) is 0 Å². The van der Waals surface area contributed by atoms with Crippen molar-refractivity contribution < 1.29 is 9.47 Å². The summed E-state index contributed by atoms with van der Waals surface area (Å²) in [6.07, 6.45) is 2.95. The number of ether oxygens (including phenoxy) is 2. The molecule has 22 heavy (non-hydrogen) atoms. The van der Waals surface area contributed by atoms with Crippen LogP contribution in [0.25, 0.3) is 0 Å². The number of thiophene rings is 1. The van der Waals surface area contributed by atoms with Gasteiger partial charge in [-0.3, -0.25) is 0 Å². The third-order valence-electron chi connectivity index (χ3n) is 3.87. The minimum absolute atomic E-state index is 0.0803. The van der Waals surface area contributed by atoms with Gasteiger partial charge in [-0.05, 0) is 18.6 Å². The van der Waals surface area contributed by atoms with E-state index in [-0.39, 0.29) is 11.5 Å². The minimum atomic E-state index is -1.34. The van der Waals surface area contributed by atoms with E-state index >= 15 is 0 Å². The average molecular weight is 335 g/mol. The van der Waals surface area contributed by atoms with Gasteiger partial charge in [0.05, 0.1) is 24.7 Å². The molecular formula is C18H26O2SSi. The highest BCUT2D eigenvalue weighted by Gasteiger charge is 2.46. The quantitative estimate of drug-likeness (QED) is 0.428. The first-order valence-corrected chi connectivity index (χ1v) is 12.1. The zero-order valence-corrected chi connectivity index (χ0v) is 15.9. The van der Waals surface area contributed by atoms with Crippen molar-refractivity contribution in [3.8, 4) is 11.5 Å². The summed E-state index contributed by atoms with van der Waals surface area (Å²) >= 11 is 1.76. The van der Waals surface area contributed by atoms with Crippen LogP contribution in [-0.2, 0) is 9.47 Å². The molecule has 1 unspecified atom stereocenters. The van der Waals surface area contributed by atoms with E-state index in [1.54, 1.807) is 11.3 Å². The van der Waals surface area contributed by atoms with Crippen molar-refractivity contribution in [2.24, 2.45) is 5.41 Å². The Balaban J connectivity index is 2.23. The van der Waals surface area contributed by atoms with Gasteiger partial charge in [-0.1, -0.05) is 38.6 Å². The van der Waals surface area contributed by atoms with Crippen LogP contribution in [-0.4, -0.2) is 27.9 Å². The van der Waals surface area contributed by atoms with E-state index in [2.05, 4.69) is 56.7 Å². The monoisotopic (exact) mass is 334 g/mol. The van der Waals surface area contributed by atoms with Crippen LogP contribution in [0.1, 0.15) is 29.2 Å². The standard InChI is InChI=1S/C18H26O2SSi/c1-6-11-20-17(18(7-2)13-19-14-18)16-9-8-15(21-16)10-12-22(3,4)5/h6,8-9,17H,1,7,11,13-14H2,2-5H3. The molecule has 0 amide bonds. The first-order valence-electron chi connectivity index (χ1n) is 7.83. The number of rotatable bonds is 6. The molecule has 0 N–H and O–H groups in total. The fourth-order valence-electron chi connectivity index (χ4n) is 2.44. The molecule has 0 spiro atoms. The van der Waals surface area contributed by atoms with E-state index in [1.807, 2.05) is 6.08 Å². The third kappa shape index (κ3) is 4.11. The third-order valence-corrected chi connectivity index (χ3v) is 5.78. The summed E-state index contributed by atoms with van der Waals surface area (Å²) in [4.78, 5) is 2.39. The molecule has 1 aromatic heterocycles. The second-order valence-corrected chi connectivity index (χ2v) is 12.8. The van der Waals surface area contributed by atoms with Gasteiger partial charge in [-0.25, -0.2) is 0 Å². The fraction of sp³-hybridized carbons (Fsp3) is 0.556. The van der Waals surface area contributed by atoms with Gasteiger partial charge in [0.1, 0.15) is 14.2 Å². The summed E-state index contributed by atoms with van der Waals surface area (Å²) in [5.74, 6) is 3.34. The SMILES string of the molecule is C=CCOC(c1ccc(C#C[Si](C)(C)C)s1)C1(CC)COC1. The molecular weight excluding hydrogens is 308 g/mol.